The molecular weight excluding hydrogens is 188 g/mol. The molecule has 0 aromatic heterocycles. The van der Waals surface area contributed by atoms with Gasteiger partial charge in [0.25, 0.3) is 0 Å². The second-order valence-electron chi connectivity index (χ2n) is 4.04. The van der Waals surface area contributed by atoms with Gasteiger partial charge in [-0.3, -0.25) is 4.79 Å². The van der Waals surface area contributed by atoms with Crippen molar-refractivity contribution in [2.45, 2.75) is 59.8 Å². The molecule has 15 heavy (non-hydrogen) atoms. The summed E-state index contributed by atoms with van der Waals surface area (Å²) in [5, 5.41) is 0. The van der Waals surface area contributed by atoms with Gasteiger partial charge in [0.1, 0.15) is 5.76 Å². The van der Waals surface area contributed by atoms with Gasteiger partial charge < -0.3 is 4.74 Å². The number of carbonyl (C=O) groups excluding carboxylic acids is 1. The minimum atomic E-state index is -0.229. The van der Waals surface area contributed by atoms with Crippen LogP contribution in [0.5, 0.6) is 0 Å². The van der Waals surface area contributed by atoms with Gasteiger partial charge in [-0.1, -0.05) is 33.1 Å². The van der Waals surface area contributed by atoms with E-state index in [9.17, 15) is 4.79 Å². The van der Waals surface area contributed by atoms with Crippen LogP contribution in [0.1, 0.15) is 59.8 Å². The first-order valence-electron chi connectivity index (χ1n) is 5.97. The molecule has 0 heterocycles. The highest BCUT2D eigenvalue weighted by Gasteiger charge is 2.04. The lowest BCUT2D eigenvalue weighted by Gasteiger charge is -2.11. The van der Waals surface area contributed by atoms with E-state index in [1.54, 1.807) is 0 Å². The van der Waals surface area contributed by atoms with Crippen LogP contribution in [0.15, 0.2) is 11.8 Å². The van der Waals surface area contributed by atoms with Crippen LogP contribution in [-0.2, 0) is 9.53 Å². The maximum atomic E-state index is 10.7. The number of rotatable bonds is 7. The van der Waals surface area contributed by atoms with E-state index in [0.29, 0.717) is 5.92 Å². The molecule has 0 radical (unpaired) electrons. The van der Waals surface area contributed by atoms with Gasteiger partial charge in [0.2, 0.25) is 0 Å². The molecule has 0 aliphatic carbocycles. The van der Waals surface area contributed by atoms with E-state index in [0.717, 1.165) is 12.2 Å². The van der Waals surface area contributed by atoms with E-state index in [2.05, 4.69) is 19.9 Å². The molecule has 2 heteroatoms. The Morgan fingerprint density at radius 2 is 1.93 bits per heavy atom. The van der Waals surface area contributed by atoms with E-state index < -0.39 is 0 Å². The van der Waals surface area contributed by atoms with Crippen LogP contribution in [0.25, 0.3) is 0 Å². The fourth-order valence-electron chi connectivity index (χ4n) is 1.65. The van der Waals surface area contributed by atoms with Gasteiger partial charge in [-0.05, 0) is 31.8 Å². The van der Waals surface area contributed by atoms with E-state index in [4.69, 9.17) is 4.74 Å². The Morgan fingerprint density at radius 1 is 1.27 bits per heavy atom. The number of esters is 1. The Bertz CT molecular complexity index is 207. The quantitative estimate of drug-likeness (QED) is 0.361. The summed E-state index contributed by atoms with van der Waals surface area (Å²) in [4.78, 5) is 10.7. The minimum Gasteiger partial charge on any atom is -0.432 e. The molecule has 0 rings (SSSR count). The number of hydrogen-bond donors (Lipinski definition) is 0. The molecule has 0 saturated carbocycles. The van der Waals surface area contributed by atoms with Gasteiger partial charge in [0.05, 0.1) is 0 Å². The Balaban J connectivity index is 3.99. The molecule has 0 aromatic carbocycles. The predicted octanol–water partition coefficient (Wildman–Crippen LogP) is 4.06. The van der Waals surface area contributed by atoms with Crippen molar-refractivity contribution in [3.8, 4) is 0 Å². The Labute approximate surface area is 93.7 Å². The fraction of sp³-hybridized carbons (Fsp3) is 0.769. The highest BCUT2D eigenvalue weighted by Crippen LogP contribution is 2.17. The molecule has 88 valence electrons. The van der Waals surface area contributed by atoms with Gasteiger partial charge in [-0.15, -0.1) is 0 Å². The van der Waals surface area contributed by atoms with Crippen LogP contribution < -0.4 is 0 Å². The van der Waals surface area contributed by atoms with Crippen molar-refractivity contribution >= 4 is 5.97 Å². The third kappa shape index (κ3) is 8.22. The molecule has 0 spiro atoms. The smallest absolute Gasteiger partial charge is 0.307 e. The zero-order valence-corrected chi connectivity index (χ0v) is 10.5. The molecule has 0 fully saturated rings. The van der Waals surface area contributed by atoms with Crippen molar-refractivity contribution in [3.63, 3.8) is 0 Å². The molecule has 0 saturated heterocycles. The normalized spacial score (nSPS) is 13.7. The summed E-state index contributed by atoms with van der Waals surface area (Å²) in [5.74, 6) is 1.06. The molecule has 0 aliphatic rings. The van der Waals surface area contributed by atoms with Crippen molar-refractivity contribution in [1.82, 2.24) is 0 Å². The fourth-order valence-corrected chi connectivity index (χ4v) is 1.65. The minimum absolute atomic E-state index is 0.229. The van der Waals surface area contributed by atoms with Gasteiger partial charge in [-0.25, -0.2) is 0 Å². The third-order valence-electron chi connectivity index (χ3n) is 2.48. The Morgan fingerprint density at radius 3 is 2.40 bits per heavy atom. The number of allylic oxidation sites excluding steroid dienone is 2. The highest BCUT2D eigenvalue weighted by atomic mass is 16.5. The lowest BCUT2D eigenvalue weighted by Crippen LogP contribution is -2.00. The number of unbranched alkanes of at least 4 members (excludes halogenated alkanes) is 2. The van der Waals surface area contributed by atoms with Gasteiger partial charge in [-0.2, -0.15) is 0 Å². The first kappa shape index (κ1) is 14.2. The van der Waals surface area contributed by atoms with E-state index in [-0.39, 0.29) is 5.97 Å². The molecule has 0 bridgehead atoms. The average molecular weight is 212 g/mol. The Kier molecular flexibility index (Phi) is 8.06. The van der Waals surface area contributed by atoms with Crippen LogP contribution in [0.2, 0.25) is 0 Å². The first-order chi connectivity index (χ1) is 7.10. The molecule has 0 N–H and O–H groups in total. The number of hydrogen-bond acceptors (Lipinski definition) is 2. The third-order valence-corrected chi connectivity index (χ3v) is 2.48. The second kappa shape index (κ2) is 8.51. The maximum absolute atomic E-state index is 10.7. The zero-order valence-electron chi connectivity index (χ0n) is 10.5. The van der Waals surface area contributed by atoms with Crippen LogP contribution in [0, 0.1) is 5.92 Å². The summed E-state index contributed by atoms with van der Waals surface area (Å²) in [7, 11) is 0. The van der Waals surface area contributed by atoms with Crippen LogP contribution in [0.3, 0.4) is 0 Å². The number of carbonyl (C=O) groups is 1. The zero-order chi connectivity index (χ0) is 11.7. The first-order valence-corrected chi connectivity index (χ1v) is 5.97. The summed E-state index contributed by atoms with van der Waals surface area (Å²) in [6.07, 6.45) is 8.20. The van der Waals surface area contributed by atoms with Crippen LogP contribution in [-0.4, -0.2) is 5.97 Å². The molecule has 0 aromatic rings. The molecule has 0 aliphatic heterocycles. The lowest BCUT2D eigenvalue weighted by molar-refractivity contribution is -0.136. The lowest BCUT2D eigenvalue weighted by atomic mass is 9.98. The summed E-state index contributed by atoms with van der Waals surface area (Å²) >= 11 is 0. The molecular formula is C13H24O2. The average Bonchev–Trinajstić information content (AvgIpc) is 2.15. The van der Waals surface area contributed by atoms with Crippen molar-refractivity contribution in [2.24, 2.45) is 5.92 Å². The molecule has 1 atom stereocenters. The highest BCUT2D eigenvalue weighted by molar-refractivity contribution is 5.67. The van der Waals surface area contributed by atoms with Crippen LogP contribution in [0.4, 0.5) is 0 Å². The Hall–Kier alpha value is -0.790. The van der Waals surface area contributed by atoms with E-state index in [1.165, 1.54) is 32.6 Å². The van der Waals surface area contributed by atoms with Gasteiger partial charge >= 0.3 is 5.97 Å². The topological polar surface area (TPSA) is 26.3 Å². The van der Waals surface area contributed by atoms with E-state index in [1.807, 2.05) is 6.92 Å². The molecule has 0 unspecified atom stereocenters. The summed E-state index contributed by atoms with van der Waals surface area (Å²) in [6, 6.07) is 0. The largest absolute Gasteiger partial charge is 0.432 e. The van der Waals surface area contributed by atoms with Crippen molar-refractivity contribution in [2.75, 3.05) is 0 Å². The standard InChI is InChI=1S/C13H24O2/c1-5-7-8-9-13(6-2)10-11(3)15-12(4)14/h10,13H,5-9H2,1-4H3/b11-10+/t13-/m0/s1. The molecule has 2 nitrogen and oxygen atoms in total. The SMILES string of the molecule is CCCCC[C@@H](/C=C(\C)OC(C)=O)CC. The summed E-state index contributed by atoms with van der Waals surface area (Å²) < 4.78 is 5.01. The predicted molar refractivity (Wildman–Crippen MR) is 63.4 cm³/mol. The second-order valence-corrected chi connectivity index (χ2v) is 4.04. The van der Waals surface area contributed by atoms with Gasteiger partial charge in [0, 0.05) is 6.92 Å². The summed E-state index contributed by atoms with van der Waals surface area (Å²) in [5.41, 5.74) is 0. The number of ether oxygens (including phenoxy) is 1. The summed E-state index contributed by atoms with van der Waals surface area (Å²) in [6.45, 7) is 7.67. The van der Waals surface area contributed by atoms with Crippen LogP contribution >= 0.6 is 0 Å². The van der Waals surface area contributed by atoms with Crippen molar-refractivity contribution < 1.29 is 9.53 Å². The maximum Gasteiger partial charge on any atom is 0.307 e. The van der Waals surface area contributed by atoms with Crippen molar-refractivity contribution in [3.05, 3.63) is 11.8 Å². The van der Waals surface area contributed by atoms with Gasteiger partial charge in [0.15, 0.2) is 0 Å². The van der Waals surface area contributed by atoms with E-state index >= 15 is 0 Å². The monoisotopic (exact) mass is 212 g/mol. The molecule has 0 amide bonds. The van der Waals surface area contributed by atoms with Crippen molar-refractivity contribution in [1.29, 1.82) is 0 Å².